The number of nitrogens with one attached hydrogen (secondary N) is 1. The highest BCUT2D eigenvalue weighted by Gasteiger charge is 2.29. The Morgan fingerprint density at radius 3 is 2.63 bits per heavy atom. The topological polar surface area (TPSA) is 140 Å². The van der Waals surface area contributed by atoms with Gasteiger partial charge in [0.2, 0.25) is 5.95 Å². The molecule has 0 spiro atoms. The highest BCUT2D eigenvalue weighted by molar-refractivity contribution is 5.79. The number of anilines is 1. The number of pyridine rings is 1. The third kappa shape index (κ3) is 6.24. The molecule has 1 saturated heterocycles. The molecular weight excluding hydrogens is 548 g/mol. The van der Waals surface area contributed by atoms with E-state index < -0.39 is 22.8 Å². The van der Waals surface area contributed by atoms with Gasteiger partial charge in [0, 0.05) is 24.5 Å². The lowest BCUT2D eigenvalue weighted by atomic mass is 10.1. The van der Waals surface area contributed by atoms with Crippen LogP contribution in [0.3, 0.4) is 0 Å². The Morgan fingerprint density at radius 2 is 1.88 bits per heavy atom. The molecule has 1 aliphatic rings. The maximum Gasteiger partial charge on any atom is 0.407 e. The van der Waals surface area contributed by atoms with Crippen molar-refractivity contribution in [2.24, 2.45) is 0 Å². The van der Waals surface area contributed by atoms with Crippen LogP contribution in [0.2, 0.25) is 0 Å². The van der Waals surface area contributed by atoms with Crippen LogP contribution in [-0.2, 0) is 24.4 Å². The van der Waals surface area contributed by atoms with Crippen LogP contribution in [0.15, 0.2) is 46.0 Å². The number of carbonyl (C=O) groups excluding carboxylic acids is 1. The second kappa shape index (κ2) is 12.0. The van der Waals surface area contributed by atoms with Gasteiger partial charge in [-0.15, -0.1) is 5.92 Å². The van der Waals surface area contributed by atoms with Gasteiger partial charge in [0.05, 0.1) is 30.4 Å². The van der Waals surface area contributed by atoms with Gasteiger partial charge in [-0.1, -0.05) is 30.2 Å². The molecule has 222 valence electrons. The Hall–Kier alpha value is -5.10. The van der Waals surface area contributed by atoms with Gasteiger partial charge in [-0.25, -0.2) is 19.1 Å². The number of fused-ring (bicyclic) bond motifs is 2. The minimum absolute atomic E-state index is 0.0118. The summed E-state index contributed by atoms with van der Waals surface area (Å²) in [5.41, 5.74) is -0.250. The molecule has 1 N–H and O–H groups in total. The van der Waals surface area contributed by atoms with Crippen molar-refractivity contribution >= 4 is 34.0 Å². The second-order valence-corrected chi connectivity index (χ2v) is 11.4. The monoisotopic (exact) mass is 582 g/mol. The largest absolute Gasteiger partial charge is 0.444 e. The minimum Gasteiger partial charge on any atom is -0.444 e. The zero-order chi connectivity index (χ0) is 30.7. The molecule has 0 saturated carbocycles. The van der Waals surface area contributed by atoms with Gasteiger partial charge in [-0.2, -0.15) is 5.26 Å². The molecule has 1 atom stereocenters. The molecule has 12 heteroatoms. The van der Waals surface area contributed by atoms with E-state index in [0.717, 1.165) is 28.4 Å². The van der Waals surface area contributed by atoms with Crippen molar-refractivity contribution in [3.05, 3.63) is 62.8 Å². The van der Waals surface area contributed by atoms with Gasteiger partial charge in [-0.3, -0.25) is 19.1 Å². The summed E-state index contributed by atoms with van der Waals surface area (Å²) in [4.78, 5) is 51.7. The predicted octanol–water partition coefficient (Wildman–Crippen LogP) is 3.00. The number of hydrogen-bond acceptors (Lipinski definition) is 8. The first-order chi connectivity index (χ1) is 20.6. The van der Waals surface area contributed by atoms with Crippen molar-refractivity contribution in [3.63, 3.8) is 0 Å². The average Bonchev–Trinajstić information content (AvgIpc) is 3.35. The molecule has 4 aromatic rings. The van der Waals surface area contributed by atoms with Crippen LogP contribution in [0, 0.1) is 23.2 Å². The summed E-state index contributed by atoms with van der Waals surface area (Å²) in [6, 6.07) is 13.1. The van der Waals surface area contributed by atoms with E-state index in [9.17, 15) is 19.6 Å². The summed E-state index contributed by atoms with van der Waals surface area (Å²) in [6.07, 6.45) is 0.986. The zero-order valence-corrected chi connectivity index (χ0v) is 24.8. The van der Waals surface area contributed by atoms with Crippen molar-refractivity contribution in [1.29, 1.82) is 5.26 Å². The van der Waals surface area contributed by atoms with Crippen molar-refractivity contribution in [2.75, 3.05) is 18.0 Å². The highest BCUT2D eigenvalue weighted by atomic mass is 16.6. The van der Waals surface area contributed by atoms with Gasteiger partial charge in [0.1, 0.15) is 17.7 Å². The summed E-state index contributed by atoms with van der Waals surface area (Å²) in [5.74, 6) is 6.27. The average molecular weight is 583 g/mol. The number of rotatable bonds is 6. The Morgan fingerprint density at radius 1 is 1.09 bits per heavy atom. The van der Waals surface area contributed by atoms with Gasteiger partial charge in [0.25, 0.3) is 11.1 Å². The lowest BCUT2D eigenvalue weighted by molar-refractivity contribution is 0.0499. The lowest BCUT2D eigenvalue weighted by Crippen LogP contribution is -2.49. The fourth-order valence-electron chi connectivity index (χ4n) is 5.30. The minimum atomic E-state index is -0.628. The van der Waals surface area contributed by atoms with Crippen molar-refractivity contribution in [1.82, 2.24) is 29.2 Å². The Bertz CT molecular complexity index is 1910. The molecule has 0 aliphatic carbocycles. The molecule has 0 radical (unpaired) electrons. The molecule has 4 heterocycles. The quantitative estimate of drug-likeness (QED) is 0.342. The van der Waals surface area contributed by atoms with Crippen LogP contribution in [0.4, 0.5) is 10.7 Å². The van der Waals surface area contributed by atoms with Crippen LogP contribution in [-0.4, -0.2) is 54.7 Å². The molecule has 3 aromatic heterocycles. The molecule has 1 aliphatic heterocycles. The molecule has 12 nitrogen and oxygen atoms in total. The van der Waals surface area contributed by atoms with Crippen LogP contribution in [0.25, 0.3) is 21.9 Å². The molecule has 1 unspecified atom stereocenters. The number of hydrogen-bond donors (Lipinski definition) is 1. The van der Waals surface area contributed by atoms with E-state index in [0.29, 0.717) is 24.7 Å². The maximum absolute atomic E-state index is 14.1. The number of benzene rings is 1. The number of aromatic nitrogens is 5. The van der Waals surface area contributed by atoms with Gasteiger partial charge >= 0.3 is 6.09 Å². The van der Waals surface area contributed by atoms with Crippen LogP contribution in [0.5, 0.6) is 0 Å². The lowest BCUT2D eigenvalue weighted by Gasteiger charge is -2.34. The molecule has 43 heavy (non-hydrogen) atoms. The van der Waals surface area contributed by atoms with Crippen LogP contribution in [0.1, 0.15) is 46.2 Å². The number of carbonyl (C=O) groups is 1. The van der Waals surface area contributed by atoms with Crippen LogP contribution >= 0.6 is 0 Å². The molecular formula is C31H34N8O4. The molecule has 5 rings (SSSR count). The third-order valence-corrected chi connectivity index (χ3v) is 7.14. The summed E-state index contributed by atoms with van der Waals surface area (Å²) in [7, 11) is 0. The molecule has 0 bridgehead atoms. The van der Waals surface area contributed by atoms with Gasteiger partial charge in [-0.05, 0) is 52.7 Å². The van der Waals surface area contributed by atoms with Crippen molar-refractivity contribution < 1.29 is 9.53 Å². The first kappa shape index (κ1) is 29.4. The number of para-hydroxylation sites is 1. The molecule has 1 aromatic carbocycles. The van der Waals surface area contributed by atoms with E-state index in [4.69, 9.17) is 4.74 Å². The van der Waals surface area contributed by atoms with E-state index in [1.54, 1.807) is 38.3 Å². The number of amides is 1. The Balaban J connectivity index is 1.59. The Kier molecular flexibility index (Phi) is 8.22. The smallest absolute Gasteiger partial charge is 0.407 e. The first-order valence-electron chi connectivity index (χ1n) is 14.2. The SMILES string of the molecule is CC#CCn1c(N2CCCC(NC(=O)OC(C)(C)C)C2)nc2c(=O)n(CC#N)n(Cc3ccc4ccccc4n3)c(=O)c21. The van der Waals surface area contributed by atoms with E-state index >= 15 is 0 Å². The number of imidazole rings is 1. The highest BCUT2D eigenvalue weighted by Crippen LogP contribution is 2.23. The number of nitriles is 1. The fraction of sp³-hybridized carbons (Fsp3) is 0.419. The summed E-state index contributed by atoms with van der Waals surface area (Å²) in [5, 5.41) is 13.4. The maximum atomic E-state index is 14.1. The second-order valence-electron chi connectivity index (χ2n) is 11.4. The Labute approximate surface area is 248 Å². The zero-order valence-electron chi connectivity index (χ0n) is 24.8. The summed E-state index contributed by atoms with van der Waals surface area (Å²) in [6.45, 7) is 7.91. The molecule has 1 amide bonds. The first-order valence-corrected chi connectivity index (χ1v) is 14.2. The van der Waals surface area contributed by atoms with E-state index in [1.165, 1.54) is 4.68 Å². The van der Waals surface area contributed by atoms with E-state index in [1.807, 2.05) is 41.3 Å². The normalized spacial score (nSPS) is 15.1. The summed E-state index contributed by atoms with van der Waals surface area (Å²) < 4.78 is 9.47. The van der Waals surface area contributed by atoms with Gasteiger partial charge in [0.15, 0.2) is 5.52 Å². The standard InChI is InChI=1S/C31H34N8O4/c1-5-6-17-37-26-25(35-29(37)36-16-9-11-22(19-36)34-30(42)43-31(2,3)4)27(40)38(18-15-32)39(28(26)41)20-23-14-13-21-10-7-8-12-24(21)33-23/h7-8,10,12-14,22H,9,11,16-20H2,1-4H3,(H,34,42). The van der Waals surface area contributed by atoms with Gasteiger partial charge < -0.3 is 15.0 Å². The third-order valence-electron chi connectivity index (χ3n) is 7.14. The number of alkyl carbamates (subject to hydrolysis) is 1. The van der Waals surface area contributed by atoms with E-state index in [2.05, 4.69) is 27.1 Å². The number of ether oxygens (including phenoxy) is 1. The van der Waals surface area contributed by atoms with Crippen LogP contribution < -0.4 is 21.3 Å². The van der Waals surface area contributed by atoms with Crippen molar-refractivity contribution in [2.45, 2.75) is 71.8 Å². The number of nitrogens with zero attached hydrogens (tertiary/aromatic N) is 7. The van der Waals surface area contributed by atoms with E-state index in [-0.39, 0.29) is 36.7 Å². The van der Waals surface area contributed by atoms with Crippen molar-refractivity contribution in [3.8, 4) is 17.9 Å². The predicted molar refractivity (Wildman–Crippen MR) is 163 cm³/mol. The fourth-order valence-corrected chi connectivity index (χ4v) is 5.30. The summed E-state index contributed by atoms with van der Waals surface area (Å²) >= 11 is 0. The molecule has 1 fully saturated rings. The number of piperidine rings is 1.